The van der Waals surface area contributed by atoms with Crippen molar-refractivity contribution >= 4 is 0 Å². The first-order valence-electron chi connectivity index (χ1n) is 4.91. The topological polar surface area (TPSA) is 35.2 Å². The Hall–Kier alpha value is -1.16. The molecule has 0 aromatic heterocycles. The number of ether oxygens (including phenoxy) is 1. The van der Waals surface area contributed by atoms with Gasteiger partial charge in [-0.3, -0.25) is 0 Å². The first kappa shape index (κ1) is 11.9. The average molecular weight is 215 g/mol. The van der Waals surface area contributed by atoms with Gasteiger partial charge in [0.05, 0.1) is 6.61 Å². The zero-order valence-corrected chi connectivity index (χ0v) is 8.89. The van der Waals surface area contributed by atoms with Crippen LogP contribution in [0.4, 0.5) is 8.78 Å². The van der Waals surface area contributed by atoms with E-state index in [1.54, 1.807) is 13.8 Å². The summed E-state index contributed by atoms with van der Waals surface area (Å²) >= 11 is 0. The lowest BCUT2D eigenvalue weighted by Crippen LogP contribution is -2.18. The molecule has 1 unspecified atom stereocenters. The van der Waals surface area contributed by atoms with E-state index in [0.29, 0.717) is 24.3 Å². The fourth-order valence-electron chi connectivity index (χ4n) is 1.37. The Kier molecular flexibility index (Phi) is 4.03. The van der Waals surface area contributed by atoms with Gasteiger partial charge < -0.3 is 10.5 Å². The minimum absolute atomic E-state index is 0.117. The van der Waals surface area contributed by atoms with Crippen molar-refractivity contribution in [1.29, 1.82) is 0 Å². The predicted molar refractivity (Wildman–Crippen MR) is 54.9 cm³/mol. The highest BCUT2D eigenvalue weighted by molar-refractivity contribution is 5.35. The van der Waals surface area contributed by atoms with Crippen LogP contribution in [0.25, 0.3) is 0 Å². The van der Waals surface area contributed by atoms with E-state index < -0.39 is 11.6 Å². The summed E-state index contributed by atoms with van der Waals surface area (Å²) in [6.45, 7) is 4.00. The maximum absolute atomic E-state index is 13.0. The van der Waals surface area contributed by atoms with Crippen molar-refractivity contribution in [3.8, 4) is 5.75 Å². The van der Waals surface area contributed by atoms with Crippen molar-refractivity contribution in [3.05, 3.63) is 29.3 Å². The van der Waals surface area contributed by atoms with Crippen molar-refractivity contribution in [2.75, 3.05) is 6.61 Å². The summed E-state index contributed by atoms with van der Waals surface area (Å²) < 4.78 is 31.1. The van der Waals surface area contributed by atoms with Crippen LogP contribution in [0.2, 0.25) is 0 Å². The largest absolute Gasteiger partial charge is 0.493 e. The average Bonchev–Trinajstić information content (AvgIpc) is 2.13. The third-order valence-electron chi connectivity index (χ3n) is 1.95. The Bertz CT molecular complexity index is 340. The molecular weight excluding hydrogens is 200 g/mol. The molecule has 2 nitrogen and oxygen atoms in total. The highest BCUT2D eigenvalue weighted by Crippen LogP contribution is 2.23. The second-order valence-electron chi connectivity index (χ2n) is 3.49. The van der Waals surface area contributed by atoms with Gasteiger partial charge in [0.25, 0.3) is 0 Å². The Morgan fingerprint density at radius 1 is 1.33 bits per heavy atom. The van der Waals surface area contributed by atoms with Crippen molar-refractivity contribution in [2.45, 2.75) is 26.3 Å². The molecule has 84 valence electrons. The number of nitrogens with two attached hydrogens (primary N) is 1. The molecule has 0 radical (unpaired) electrons. The minimum Gasteiger partial charge on any atom is -0.493 e. The Morgan fingerprint density at radius 3 is 2.47 bits per heavy atom. The van der Waals surface area contributed by atoms with Crippen LogP contribution in [-0.2, 0) is 6.42 Å². The maximum atomic E-state index is 13.0. The number of hydrogen-bond donors (Lipinski definition) is 1. The first-order chi connectivity index (χ1) is 7.04. The van der Waals surface area contributed by atoms with E-state index in [2.05, 4.69) is 0 Å². The molecule has 1 rings (SSSR count). The van der Waals surface area contributed by atoms with Crippen LogP contribution in [-0.4, -0.2) is 12.6 Å². The van der Waals surface area contributed by atoms with Crippen LogP contribution in [0.1, 0.15) is 19.4 Å². The smallest absolute Gasteiger partial charge is 0.162 e. The molecule has 2 N–H and O–H groups in total. The molecule has 0 fully saturated rings. The third-order valence-corrected chi connectivity index (χ3v) is 1.95. The van der Waals surface area contributed by atoms with Crippen LogP contribution in [0.3, 0.4) is 0 Å². The number of rotatable bonds is 4. The molecule has 0 saturated carbocycles. The van der Waals surface area contributed by atoms with E-state index in [1.165, 1.54) is 0 Å². The monoisotopic (exact) mass is 215 g/mol. The predicted octanol–water partition coefficient (Wildman–Crippen LogP) is 2.25. The summed E-state index contributed by atoms with van der Waals surface area (Å²) in [4.78, 5) is 0. The maximum Gasteiger partial charge on any atom is 0.162 e. The van der Waals surface area contributed by atoms with Gasteiger partial charge in [0.15, 0.2) is 11.6 Å². The minimum atomic E-state index is -0.896. The lowest BCUT2D eigenvalue weighted by atomic mass is 10.1. The summed E-state index contributed by atoms with van der Waals surface area (Å²) in [6.07, 6.45) is 0.465. The molecule has 0 aliphatic carbocycles. The van der Waals surface area contributed by atoms with Gasteiger partial charge >= 0.3 is 0 Å². The highest BCUT2D eigenvalue weighted by atomic mass is 19.2. The molecule has 1 atom stereocenters. The molecule has 1 aromatic rings. The Morgan fingerprint density at radius 2 is 1.93 bits per heavy atom. The van der Waals surface area contributed by atoms with Crippen molar-refractivity contribution < 1.29 is 13.5 Å². The molecule has 4 heteroatoms. The van der Waals surface area contributed by atoms with Crippen LogP contribution < -0.4 is 10.5 Å². The van der Waals surface area contributed by atoms with Gasteiger partial charge in [0, 0.05) is 12.1 Å². The molecule has 0 spiro atoms. The molecule has 0 amide bonds. The summed E-state index contributed by atoms with van der Waals surface area (Å²) in [5, 5.41) is 0. The molecule has 0 aliphatic rings. The van der Waals surface area contributed by atoms with Gasteiger partial charge in [-0.2, -0.15) is 0 Å². The van der Waals surface area contributed by atoms with E-state index >= 15 is 0 Å². The standard InChI is InChI=1S/C11H15F2NO/c1-3-15-11-6-10(13)9(12)5-8(11)4-7(2)14/h5-7H,3-4,14H2,1-2H3. The summed E-state index contributed by atoms with van der Waals surface area (Å²) in [7, 11) is 0. The quantitative estimate of drug-likeness (QED) is 0.836. The number of hydrogen-bond acceptors (Lipinski definition) is 2. The fourth-order valence-corrected chi connectivity index (χ4v) is 1.37. The van der Waals surface area contributed by atoms with E-state index in [0.717, 1.165) is 12.1 Å². The van der Waals surface area contributed by atoms with Crippen molar-refractivity contribution in [1.82, 2.24) is 0 Å². The van der Waals surface area contributed by atoms with E-state index in [9.17, 15) is 8.78 Å². The second-order valence-corrected chi connectivity index (χ2v) is 3.49. The first-order valence-corrected chi connectivity index (χ1v) is 4.91. The highest BCUT2D eigenvalue weighted by Gasteiger charge is 2.11. The van der Waals surface area contributed by atoms with Crippen LogP contribution in [0, 0.1) is 11.6 Å². The van der Waals surface area contributed by atoms with Crippen LogP contribution in [0.5, 0.6) is 5.75 Å². The van der Waals surface area contributed by atoms with Crippen LogP contribution in [0.15, 0.2) is 12.1 Å². The van der Waals surface area contributed by atoms with E-state index in [-0.39, 0.29) is 6.04 Å². The summed E-state index contributed by atoms with van der Waals surface area (Å²) in [5.74, 6) is -1.39. The molecule has 15 heavy (non-hydrogen) atoms. The lowest BCUT2D eigenvalue weighted by molar-refractivity contribution is 0.331. The summed E-state index contributed by atoms with van der Waals surface area (Å²) in [6, 6.07) is 2.09. The van der Waals surface area contributed by atoms with Gasteiger partial charge in [0.2, 0.25) is 0 Å². The normalized spacial score (nSPS) is 12.6. The molecule has 0 heterocycles. The SMILES string of the molecule is CCOc1cc(F)c(F)cc1CC(C)N. The fraction of sp³-hybridized carbons (Fsp3) is 0.455. The number of benzene rings is 1. The van der Waals surface area contributed by atoms with Crippen molar-refractivity contribution in [2.24, 2.45) is 5.73 Å². The number of halogens is 2. The zero-order valence-electron chi connectivity index (χ0n) is 8.89. The Balaban J connectivity index is 3.04. The lowest BCUT2D eigenvalue weighted by Gasteiger charge is -2.12. The van der Waals surface area contributed by atoms with Gasteiger partial charge in [-0.05, 0) is 31.9 Å². The van der Waals surface area contributed by atoms with Crippen LogP contribution >= 0.6 is 0 Å². The van der Waals surface area contributed by atoms with Crippen molar-refractivity contribution in [3.63, 3.8) is 0 Å². The third kappa shape index (κ3) is 3.16. The molecule has 0 bridgehead atoms. The van der Waals surface area contributed by atoms with Gasteiger partial charge in [-0.15, -0.1) is 0 Å². The second kappa shape index (κ2) is 5.07. The Labute approximate surface area is 88.0 Å². The molecule has 0 aliphatic heterocycles. The van der Waals surface area contributed by atoms with Gasteiger partial charge in [-0.25, -0.2) is 8.78 Å². The molecular formula is C11H15F2NO. The molecule has 0 saturated heterocycles. The zero-order chi connectivity index (χ0) is 11.4. The molecule has 1 aromatic carbocycles. The van der Waals surface area contributed by atoms with E-state index in [4.69, 9.17) is 10.5 Å². The van der Waals surface area contributed by atoms with Gasteiger partial charge in [-0.1, -0.05) is 0 Å². The van der Waals surface area contributed by atoms with Gasteiger partial charge in [0.1, 0.15) is 5.75 Å². The van der Waals surface area contributed by atoms with E-state index in [1.807, 2.05) is 0 Å². The summed E-state index contributed by atoms with van der Waals surface area (Å²) in [5.41, 5.74) is 6.21.